The van der Waals surface area contributed by atoms with Crippen LogP contribution in [-0.2, 0) is 13.8 Å². The van der Waals surface area contributed by atoms with Crippen LogP contribution in [0.1, 0.15) is 126 Å². The maximum Gasteiger partial charge on any atom is 0.469 e. The zero-order chi connectivity index (χ0) is 27.9. The molecule has 38 heavy (non-hydrogen) atoms. The number of benzene rings is 1. The first-order valence-electron chi connectivity index (χ1n) is 14.4. The topological polar surface area (TPSA) is 129 Å². The smallest absolute Gasteiger partial charge is 0.379 e. The lowest BCUT2D eigenvalue weighted by Gasteiger charge is -2.19. The molecule has 0 aliphatic rings. The molecular weight excluding hydrogens is 503 g/mol. The van der Waals surface area contributed by atoms with Gasteiger partial charge in [-0.05, 0) is 18.6 Å². The third-order valence-electron chi connectivity index (χ3n) is 6.53. The second-order valence-electron chi connectivity index (χ2n) is 9.99. The van der Waals surface area contributed by atoms with E-state index < -0.39 is 26.4 Å². The van der Waals surface area contributed by atoms with Gasteiger partial charge in [0, 0.05) is 6.61 Å². The molecular formula is C29H49N2O6P. The average Bonchev–Trinajstić information content (AvgIpc) is 2.90. The van der Waals surface area contributed by atoms with Crippen molar-refractivity contribution in [3.8, 4) is 6.07 Å². The first kappa shape index (κ1) is 34.3. The van der Waals surface area contributed by atoms with Gasteiger partial charge in [0.2, 0.25) is 0 Å². The van der Waals surface area contributed by atoms with Crippen LogP contribution in [-0.4, -0.2) is 41.6 Å². The van der Waals surface area contributed by atoms with E-state index in [0.29, 0.717) is 6.61 Å². The summed E-state index contributed by atoms with van der Waals surface area (Å²) in [6.07, 6.45) is 20.6. The van der Waals surface area contributed by atoms with Crippen LogP contribution in [0.15, 0.2) is 24.3 Å². The minimum absolute atomic E-state index is 0.0548. The van der Waals surface area contributed by atoms with E-state index in [4.69, 9.17) is 14.5 Å². The molecule has 0 radical (unpaired) electrons. The highest BCUT2D eigenvalue weighted by Crippen LogP contribution is 2.35. The summed E-state index contributed by atoms with van der Waals surface area (Å²) in [7, 11) is -4.69. The van der Waals surface area contributed by atoms with E-state index in [-0.39, 0.29) is 17.7 Å². The van der Waals surface area contributed by atoms with Crippen LogP contribution in [0.5, 0.6) is 0 Å². The molecule has 0 bridgehead atoms. The number of hydrogen-bond donors (Lipinski definition) is 3. The summed E-state index contributed by atoms with van der Waals surface area (Å²) in [6.45, 7) is 2.41. The van der Waals surface area contributed by atoms with Crippen LogP contribution in [0.3, 0.4) is 0 Å². The maximum absolute atomic E-state index is 12.6. The molecule has 216 valence electrons. The monoisotopic (exact) mass is 552 g/mol. The van der Waals surface area contributed by atoms with Gasteiger partial charge in [0.1, 0.15) is 0 Å². The molecule has 3 N–H and O–H groups in total. The summed E-state index contributed by atoms with van der Waals surface area (Å²) in [5, 5.41) is 11.9. The summed E-state index contributed by atoms with van der Waals surface area (Å²) >= 11 is 0. The minimum atomic E-state index is -4.69. The molecule has 0 aliphatic heterocycles. The Kier molecular flexibility index (Phi) is 19.9. The average molecular weight is 553 g/mol. The molecule has 0 fully saturated rings. The summed E-state index contributed by atoms with van der Waals surface area (Å²) < 4.78 is 21.3. The lowest BCUT2D eigenvalue weighted by atomic mass is 10.0. The van der Waals surface area contributed by atoms with Gasteiger partial charge < -0.3 is 19.8 Å². The Balaban J connectivity index is 2.13. The number of nitriles is 1. The van der Waals surface area contributed by atoms with E-state index in [1.54, 1.807) is 12.1 Å². The Hall–Kier alpha value is -1.75. The Morgan fingerprint density at radius 1 is 0.868 bits per heavy atom. The minimum Gasteiger partial charge on any atom is -0.379 e. The van der Waals surface area contributed by atoms with Crippen LogP contribution in [0.2, 0.25) is 0 Å². The molecule has 0 aliphatic carbocycles. The van der Waals surface area contributed by atoms with Gasteiger partial charge >= 0.3 is 7.82 Å². The summed E-state index contributed by atoms with van der Waals surface area (Å²) in [4.78, 5) is 30.6. The predicted molar refractivity (Wildman–Crippen MR) is 151 cm³/mol. The van der Waals surface area contributed by atoms with E-state index >= 15 is 0 Å². The molecule has 1 aromatic rings. The van der Waals surface area contributed by atoms with Crippen molar-refractivity contribution in [3.05, 3.63) is 35.4 Å². The number of nitrogens with one attached hydrogen (secondary N) is 1. The number of carbonyl (C=O) groups excluding carboxylic acids is 1. The lowest BCUT2D eigenvalue weighted by Crippen LogP contribution is -2.41. The van der Waals surface area contributed by atoms with Crippen LogP contribution in [0.25, 0.3) is 0 Å². The van der Waals surface area contributed by atoms with E-state index in [1.807, 2.05) is 6.07 Å². The number of carbonyl (C=O) groups is 1. The van der Waals surface area contributed by atoms with E-state index in [9.17, 15) is 14.6 Å². The zero-order valence-electron chi connectivity index (χ0n) is 23.2. The Labute approximate surface area is 229 Å². The quantitative estimate of drug-likeness (QED) is 0.0926. The Morgan fingerprint density at radius 3 is 1.87 bits per heavy atom. The summed E-state index contributed by atoms with van der Waals surface area (Å²) in [5.74, 6) is -0.521. The van der Waals surface area contributed by atoms with Crippen molar-refractivity contribution in [2.24, 2.45) is 0 Å². The molecule has 1 rings (SSSR count). The van der Waals surface area contributed by atoms with Crippen molar-refractivity contribution in [3.63, 3.8) is 0 Å². The largest absolute Gasteiger partial charge is 0.469 e. The summed E-state index contributed by atoms with van der Waals surface area (Å²) in [5.41, 5.74) is 0.405. The maximum atomic E-state index is 12.6. The van der Waals surface area contributed by atoms with Crippen molar-refractivity contribution in [2.75, 3.05) is 19.8 Å². The number of unbranched alkanes of at least 4 members (excludes halogenated alkanes) is 15. The van der Waals surface area contributed by atoms with Crippen molar-refractivity contribution >= 4 is 13.7 Å². The standard InChI is InChI=1S/C29H49N2O6P/c1-2-3-4-5-6-7-8-9-10-11-12-13-14-15-16-19-22-36-24-27(25-37-38(33,34)35)31-29(32)28-21-18-17-20-26(28)23-30/h17-18,20-21,27H,2-16,19,22,24-25H2,1H3,(H,31,32)(H2,33,34,35)/t27-/m1/s1. The van der Waals surface area contributed by atoms with Gasteiger partial charge in [0.05, 0.1) is 36.5 Å². The molecule has 1 aromatic carbocycles. The SMILES string of the molecule is CCCCCCCCCCCCCCCCCCOC[C@H](COP(=O)(O)O)NC(=O)c1ccccc1C#N. The van der Waals surface area contributed by atoms with Crippen LogP contribution in [0.4, 0.5) is 0 Å². The second-order valence-corrected chi connectivity index (χ2v) is 11.2. The number of rotatable bonds is 24. The number of ether oxygens (including phenoxy) is 1. The van der Waals surface area contributed by atoms with Gasteiger partial charge in [-0.15, -0.1) is 0 Å². The third kappa shape index (κ3) is 18.5. The fourth-order valence-electron chi connectivity index (χ4n) is 4.34. The fraction of sp³-hybridized carbons (Fsp3) is 0.724. The molecule has 0 spiro atoms. The van der Waals surface area contributed by atoms with Gasteiger partial charge in [-0.1, -0.05) is 115 Å². The Bertz CT molecular complexity index is 839. The van der Waals surface area contributed by atoms with Gasteiger partial charge in [-0.3, -0.25) is 9.32 Å². The molecule has 0 saturated heterocycles. The second kappa shape index (κ2) is 22.1. The number of phosphoric ester groups is 1. The zero-order valence-corrected chi connectivity index (χ0v) is 24.1. The highest BCUT2D eigenvalue weighted by molar-refractivity contribution is 7.46. The van der Waals surface area contributed by atoms with Gasteiger partial charge in [-0.2, -0.15) is 5.26 Å². The molecule has 1 amide bonds. The normalized spacial score (nSPS) is 12.3. The van der Waals surface area contributed by atoms with Crippen LogP contribution < -0.4 is 5.32 Å². The van der Waals surface area contributed by atoms with Crippen molar-refractivity contribution in [2.45, 2.75) is 116 Å². The van der Waals surface area contributed by atoms with Crippen molar-refractivity contribution < 1.29 is 28.4 Å². The lowest BCUT2D eigenvalue weighted by molar-refractivity contribution is 0.0697. The molecule has 9 heteroatoms. The first-order valence-corrected chi connectivity index (χ1v) is 16.0. The van der Waals surface area contributed by atoms with Gasteiger partial charge in [0.15, 0.2) is 0 Å². The fourth-order valence-corrected chi connectivity index (χ4v) is 4.71. The number of nitrogens with zero attached hydrogens (tertiary/aromatic N) is 1. The van der Waals surface area contributed by atoms with Crippen molar-refractivity contribution in [1.29, 1.82) is 5.26 Å². The molecule has 0 aromatic heterocycles. The molecule has 0 heterocycles. The van der Waals surface area contributed by atoms with Crippen LogP contribution >= 0.6 is 7.82 Å². The number of amides is 1. The highest BCUT2D eigenvalue weighted by atomic mass is 31.2. The number of phosphoric acid groups is 1. The van der Waals surface area contributed by atoms with E-state index in [1.165, 1.54) is 95.6 Å². The van der Waals surface area contributed by atoms with Crippen molar-refractivity contribution in [1.82, 2.24) is 5.32 Å². The highest BCUT2D eigenvalue weighted by Gasteiger charge is 2.21. The van der Waals surface area contributed by atoms with E-state index in [2.05, 4.69) is 16.8 Å². The van der Waals surface area contributed by atoms with E-state index in [0.717, 1.165) is 19.3 Å². The Morgan fingerprint density at radius 2 is 1.37 bits per heavy atom. The molecule has 0 unspecified atom stereocenters. The molecule has 0 saturated carbocycles. The molecule has 8 nitrogen and oxygen atoms in total. The third-order valence-corrected chi connectivity index (χ3v) is 7.02. The molecule has 1 atom stereocenters. The predicted octanol–water partition coefficient (Wildman–Crippen LogP) is 7.04. The van der Waals surface area contributed by atoms with Gasteiger partial charge in [0.25, 0.3) is 5.91 Å². The summed E-state index contributed by atoms with van der Waals surface area (Å²) in [6, 6.07) is 7.55. The van der Waals surface area contributed by atoms with Gasteiger partial charge in [-0.25, -0.2) is 4.57 Å². The first-order chi connectivity index (χ1) is 18.4. The van der Waals surface area contributed by atoms with Crippen LogP contribution in [0, 0.1) is 11.3 Å². The number of hydrogen-bond acceptors (Lipinski definition) is 5.